The molecule has 128 valence electrons. The van der Waals surface area contributed by atoms with Crippen LogP contribution in [0.1, 0.15) is 19.8 Å². The molecule has 6 heteroatoms. The standard InChI is InChI=1S/C19H21N5O/c1-13(25)24-9-7-15(8-10-24)22-17-12-21-19-18(23-17)16(11-20-19)14-5-3-2-4-6-14/h2-6,11-12,15H,7-10H2,1H3,(H,20,21)(H,22,23). The van der Waals surface area contributed by atoms with Crippen LogP contribution in [0, 0.1) is 0 Å². The lowest BCUT2D eigenvalue weighted by Gasteiger charge is -2.31. The fraction of sp³-hybridized carbons (Fsp3) is 0.316. The number of H-pyrrole nitrogens is 1. The Morgan fingerprint density at radius 1 is 1.24 bits per heavy atom. The first-order valence-corrected chi connectivity index (χ1v) is 8.62. The molecule has 2 aromatic heterocycles. The molecule has 1 fully saturated rings. The van der Waals surface area contributed by atoms with Gasteiger partial charge in [-0.1, -0.05) is 30.3 Å². The van der Waals surface area contributed by atoms with Gasteiger partial charge in [-0.05, 0) is 18.4 Å². The molecule has 0 atom stereocenters. The van der Waals surface area contributed by atoms with E-state index in [-0.39, 0.29) is 5.91 Å². The molecule has 0 aliphatic carbocycles. The van der Waals surface area contributed by atoms with Crippen molar-refractivity contribution >= 4 is 22.9 Å². The van der Waals surface area contributed by atoms with Crippen LogP contribution >= 0.6 is 0 Å². The number of hydrogen-bond acceptors (Lipinski definition) is 4. The highest BCUT2D eigenvalue weighted by molar-refractivity contribution is 5.91. The molecule has 2 N–H and O–H groups in total. The molecule has 1 saturated heterocycles. The fourth-order valence-corrected chi connectivity index (χ4v) is 3.35. The molecule has 0 unspecified atom stereocenters. The summed E-state index contributed by atoms with van der Waals surface area (Å²) in [7, 11) is 0. The second-order valence-corrected chi connectivity index (χ2v) is 6.45. The molecule has 0 saturated carbocycles. The molecule has 3 heterocycles. The predicted octanol–water partition coefficient (Wildman–Crippen LogP) is 3.05. The Kier molecular flexibility index (Phi) is 4.09. The van der Waals surface area contributed by atoms with Crippen LogP contribution in [0.2, 0.25) is 0 Å². The first kappa shape index (κ1) is 15.6. The zero-order chi connectivity index (χ0) is 17.2. The Balaban J connectivity index is 1.54. The third-order valence-electron chi connectivity index (χ3n) is 4.76. The number of anilines is 1. The molecular weight excluding hydrogens is 314 g/mol. The molecule has 0 radical (unpaired) electrons. The molecule has 1 aliphatic rings. The summed E-state index contributed by atoms with van der Waals surface area (Å²) in [6.45, 7) is 3.22. The lowest BCUT2D eigenvalue weighted by Crippen LogP contribution is -2.41. The van der Waals surface area contributed by atoms with Crippen LogP contribution in [-0.4, -0.2) is 44.9 Å². The number of fused-ring (bicyclic) bond motifs is 1. The maximum absolute atomic E-state index is 11.4. The van der Waals surface area contributed by atoms with E-state index in [4.69, 9.17) is 4.98 Å². The van der Waals surface area contributed by atoms with Crippen LogP contribution in [-0.2, 0) is 4.79 Å². The summed E-state index contributed by atoms with van der Waals surface area (Å²) in [4.78, 5) is 25.8. The Labute approximate surface area is 146 Å². The number of nitrogens with zero attached hydrogens (tertiary/aromatic N) is 3. The van der Waals surface area contributed by atoms with Gasteiger partial charge in [0.15, 0.2) is 5.65 Å². The highest BCUT2D eigenvalue weighted by Crippen LogP contribution is 2.27. The predicted molar refractivity (Wildman–Crippen MR) is 98.2 cm³/mol. The van der Waals surface area contributed by atoms with Crippen molar-refractivity contribution in [3.8, 4) is 11.1 Å². The van der Waals surface area contributed by atoms with E-state index in [0.29, 0.717) is 6.04 Å². The van der Waals surface area contributed by atoms with Crippen molar-refractivity contribution in [3.63, 3.8) is 0 Å². The average Bonchev–Trinajstić information content (AvgIpc) is 3.06. The van der Waals surface area contributed by atoms with Crippen molar-refractivity contribution in [2.45, 2.75) is 25.8 Å². The molecule has 3 aromatic rings. The van der Waals surface area contributed by atoms with E-state index in [1.807, 2.05) is 29.3 Å². The van der Waals surface area contributed by atoms with Gasteiger partial charge in [-0.3, -0.25) is 4.79 Å². The second kappa shape index (κ2) is 6.55. The van der Waals surface area contributed by atoms with Crippen LogP contribution in [0.5, 0.6) is 0 Å². The number of carbonyl (C=O) groups is 1. The van der Waals surface area contributed by atoms with Gasteiger partial charge in [0.05, 0.1) is 6.20 Å². The van der Waals surface area contributed by atoms with Gasteiger partial charge in [-0.25, -0.2) is 9.97 Å². The van der Waals surface area contributed by atoms with Gasteiger partial charge < -0.3 is 15.2 Å². The fourth-order valence-electron chi connectivity index (χ4n) is 3.35. The van der Waals surface area contributed by atoms with Gasteiger partial charge in [-0.15, -0.1) is 0 Å². The van der Waals surface area contributed by atoms with Crippen LogP contribution in [0.4, 0.5) is 5.82 Å². The molecule has 1 amide bonds. The number of rotatable bonds is 3. The maximum Gasteiger partial charge on any atom is 0.219 e. The van der Waals surface area contributed by atoms with E-state index in [2.05, 4.69) is 27.4 Å². The Bertz CT molecular complexity index is 881. The number of carbonyl (C=O) groups excluding carboxylic acids is 1. The molecule has 1 aromatic carbocycles. The summed E-state index contributed by atoms with van der Waals surface area (Å²) in [5.74, 6) is 0.935. The highest BCUT2D eigenvalue weighted by atomic mass is 16.2. The number of aromatic amines is 1. The maximum atomic E-state index is 11.4. The number of hydrogen-bond donors (Lipinski definition) is 2. The highest BCUT2D eigenvalue weighted by Gasteiger charge is 2.21. The third-order valence-corrected chi connectivity index (χ3v) is 4.76. The summed E-state index contributed by atoms with van der Waals surface area (Å²) in [6.07, 6.45) is 5.58. The van der Waals surface area contributed by atoms with Crippen molar-refractivity contribution in [1.82, 2.24) is 19.9 Å². The van der Waals surface area contributed by atoms with E-state index in [1.54, 1.807) is 13.1 Å². The van der Waals surface area contributed by atoms with Crippen LogP contribution in [0.3, 0.4) is 0 Å². The van der Waals surface area contributed by atoms with E-state index < -0.39 is 0 Å². The zero-order valence-electron chi connectivity index (χ0n) is 14.2. The Morgan fingerprint density at radius 2 is 2.00 bits per heavy atom. The molecule has 0 bridgehead atoms. The lowest BCUT2D eigenvalue weighted by atomic mass is 10.1. The van der Waals surface area contributed by atoms with E-state index in [1.165, 1.54) is 0 Å². The minimum atomic E-state index is 0.152. The quantitative estimate of drug-likeness (QED) is 0.771. The van der Waals surface area contributed by atoms with Crippen molar-refractivity contribution in [2.24, 2.45) is 0 Å². The van der Waals surface area contributed by atoms with Gasteiger partial charge in [0.1, 0.15) is 11.3 Å². The second-order valence-electron chi connectivity index (χ2n) is 6.45. The van der Waals surface area contributed by atoms with E-state index in [0.717, 1.165) is 54.0 Å². The number of aromatic nitrogens is 3. The van der Waals surface area contributed by atoms with E-state index >= 15 is 0 Å². The summed E-state index contributed by atoms with van der Waals surface area (Å²) >= 11 is 0. The van der Waals surface area contributed by atoms with Gasteiger partial charge in [0.2, 0.25) is 5.91 Å². The molecule has 4 rings (SSSR count). The van der Waals surface area contributed by atoms with Crippen molar-refractivity contribution in [1.29, 1.82) is 0 Å². The first-order valence-electron chi connectivity index (χ1n) is 8.62. The summed E-state index contributed by atoms with van der Waals surface area (Å²) in [6, 6.07) is 10.5. The molecule has 25 heavy (non-hydrogen) atoms. The van der Waals surface area contributed by atoms with Crippen molar-refractivity contribution < 1.29 is 4.79 Å². The largest absolute Gasteiger partial charge is 0.366 e. The minimum Gasteiger partial charge on any atom is -0.366 e. The number of nitrogens with one attached hydrogen (secondary N) is 2. The number of amides is 1. The minimum absolute atomic E-state index is 0.152. The van der Waals surface area contributed by atoms with Crippen LogP contribution in [0.25, 0.3) is 22.3 Å². The van der Waals surface area contributed by atoms with Crippen molar-refractivity contribution in [3.05, 3.63) is 42.7 Å². The lowest BCUT2D eigenvalue weighted by molar-refractivity contribution is -0.129. The molecule has 6 nitrogen and oxygen atoms in total. The molecule has 1 aliphatic heterocycles. The summed E-state index contributed by atoms with van der Waals surface area (Å²) in [5, 5.41) is 3.48. The Morgan fingerprint density at radius 3 is 2.72 bits per heavy atom. The van der Waals surface area contributed by atoms with Gasteiger partial charge in [0, 0.05) is 37.8 Å². The molecular formula is C19H21N5O. The zero-order valence-corrected chi connectivity index (χ0v) is 14.2. The topological polar surface area (TPSA) is 73.9 Å². The third kappa shape index (κ3) is 3.20. The monoisotopic (exact) mass is 335 g/mol. The number of piperidine rings is 1. The van der Waals surface area contributed by atoms with E-state index in [9.17, 15) is 4.79 Å². The number of likely N-dealkylation sites (tertiary alicyclic amines) is 1. The van der Waals surface area contributed by atoms with Crippen molar-refractivity contribution in [2.75, 3.05) is 18.4 Å². The van der Waals surface area contributed by atoms with Gasteiger partial charge in [0.25, 0.3) is 0 Å². The summed E-state index contributed by atoms with van der Waals surface area (Å²) < 4.78 is 0. The SMILES string of the molecule is CC(=O)N1CCC(Nc2cnc3[nH]cc(-c4ccccc4)c3n2)CC1. The van der Waals surface area contributed by atoms with Crippen LogP contribution < -0.4 is 5.32 Å². The smallest absolute Gasteiger partial charge is 0.219 e. The first-order chi connectivity index (χ1) is 12.2. The molecule has 0 spiro atoms. The number of benzene rings is 1. The average molecular weight is 335 g/mol. The van der Waals surface area contributed by atoms with Crippen LogP contribution in [0.15, 0.2) is 42.7 Å². The normalized spacial score (nSPS) is 15.5. The summed E-state index contributed by atoms with van der Waals surface area (Å²) in [5.41, 5.74) is 3.83. The Hall–Kier alpha value is -2.89. The van der Waals surface area contributed by atoms with Gasteiger partial charge >= 0.3 is 0 Å². The van der Waals surface area contributed by atoms with Gasteiger partial charge in [-0.2, -0.15) is 0 Å².